The second-order valence-corrected chi connectivity index (χ2v) is 10.5. The average molecular weight is 497 g/mol. The molecule has 1 aromatic heterocycles. The number of anilines is 2. The summed E-state index contributed by atoms with van der Waals surface area (Å²) >= 11 is 0. The minimum absolute atomic E-state index is 0.0555. The molecule has 1 aromatic carbocycles. The van der Waals surface area contributed by atoms with Gasteiger partial charge in [0.1, 0.15) is 5.82 Å². The lowest BCUT2D eigenvalue weighted by Gasteiger charge is -2.43. The third kappa shape index (κ3) is 5.38. The number of carboxylic acid groups (broad SMARTS) is 1. The summed E-state index contributed by atoms with van der Waals surface area (Å²) in [7, 11) is 0. The predicted molar refractivity (Wildman–Crippen MR) is 138 cm³/mol. The standard InChI is InChI=1S/C26H36N6O4/c1-6-27-24(33)28-18-9-7-17(8-10-18)22-29-20-14-31(25(34)35)13-19(26(3,4)5)21(20)23(30-22)32-11-12-36-15-16(32)2/h7-10,16,19H,6,11-15H2,1-5H3,(H,34,35)(H2,27,28,33)/t16?,19-/m0/s1. The second kappa shape index (κ2) is 10.3. The first-order valence-electron chi connectivity index (χ1n) is 12.5. The number of nitrogens with zero attached hydrogens (tertiary/aromatic N) is 4. The van der Waals surface area contributed by atoms with Crippen LogP contribution in [0.2, 0.25) is 0 Å². The van der Waals surface area contributed by atoms with Gasteiger partial charge in [-0.2, -0.15) is 0 Å². The van der Waals surface area contributed by atoms with Gasteiger partial charge in [-0.15, -0.1) is 0 Å². The minimum Gasteiger partial charge on any atom is -0.465 e. The van der Waals surface area contributed by atoms with Gasteiger partial charge in [-0.3, -0.25) is 0 Å². The van der Waals surface area contributed by atoms with Gasteiger partial charge in [-0.05, 0) is 43.5 Å². The Morgan fingerprint density at radius 3 is 2.53 bits per heavy atom. The highest BCUT2D eigenvalue weighted by Gasteiger charge is 2.40. The van der Waals surface area contributed by atoms with E-state index in [0.29, 0.717) is 44.4 Å². The molecule has 1 unspecified atom stereocenters. The molecule has 1 fully saturated rings. The Bertz CT molecular complexity index is 1110. The highest BCUT2D eigenvalue weighted by Crippen LogP contribution is 2.45. The Morgan fingerprint density at radius 1 is 1.19 bits per heavy atom. The van der Waals surface area contributed by atoms with Crippen molar-refractivity contribution in [3.05, 3.63) is 35.5 Å². The Morgan fingerprint density at radius 2 is 1.92 bits per heavy atom. The van der Waals surface area contributed by atoms with Crippen molar-refractivity contribution < 1.29 is 19.4 Å². The van der Waals surface area contributed by atoms with Crippen LogP contribution in [0.4, 0.5) is 21.1 Å². The van der Waals surface area contributed by atoms with Crippen molar-refractivity contribution in [1.29, 1.82) is 0 Å². The van der Waals surface area contributed by atoms with Gasteiger partial charge in [0.25, 0.3) is 0 Å². The maximum atomic E-state index is 12.0. The highest BCUT2D eigenvalue weighted by molar-refractivity contribution is 5.89. The van der Waals surface area contributed by atoms with E-state index < -0.39 is 6.09 Å². The van der Waals surface area contributed by atoms with Crippen molar-refractivity contribution in [2.75, 3.05) is 43.1 Å². The van der Waals surface area contributed by atoms with E-state index in [1.165, 1.54) is 4.90 Å². The topological polar surface area (TPSA) is 120 Å². The van der Waals surface area contributed by atoms with Crippen LogP contribution < -0.4 is 15.5 Å². The lowest BCUT2D eigenvalue weighted by Crippen LogP contribution is -2.47. The highest BCUT2D eigenvalue weighted by atomic mass is 16.5. The smallest absolute Gasteiger partial charge is 0.407 e. The van der Waals surface area contributed by atoms with E-state index >= 15 is 0 Å². The fourth-order valence-electron chi connectivity index (χ4n) is 4.82. The summed E-state index contributed by atoms with van der Waals surface area (Å²) in [5.41, 5.74) is 3.04. The van der Waals surface area contributed by atoms with Crippen LogP contribution in [0.25, 0.3) is 11.4 Å². The molecule has 1 saturated heterocycles. The molecule has 0 aliphatic carbocycles. The Kier molecular flexibility index (Phi) is 7.35. The van der Waals surface area contributed by atoms with Crippen molar-refractivity contribution >= 4 is 23.6 Å². The van der Waals surface area contributed by atoms with Crippen molar-refractivity contribution in [3.8, 4) is 11.4 Å². The fourth-order valence-corrected chi connectivity index (χ4v) is 4.82. The molecule has 0 spiro atoms. The zero-order chi connectivity index (χ0) is 26.0. The third-order valence-corrected chi connectivity index (χ3v) is 6.79. The minimum atomic E-state index is -0.947. The molecule has 3 amide bonds. The molecule has 2 aromatic rings. The van der Waals surface area contributed by atoms with Gasteiger partial charge in [-0.1, -0.05) is 20.8 Å². The van der Waals surface area contributed by atoms with E-state index in [1.54, 1.807) is 0 Å². The molecule has 0 saturated carbocycles. The van der Waals surface area contributed by atoms with Gasteiger partial charge < -0.3 is 30.3 Å². The van der Waals surface area contributed by atoms with Crippen LogP contribution in [-0.2, 0) is 11.3 Å². The van der Waals surface area contributed by atoms with Crippen molar-refractivity contribution in [1.82, 2.24) is 20.2 Å². The number of benzene rings is 1. The Labute approximate surface area is 212 Å². The zero-order valence-electron chi connectivity index (χ0n) is 21.7. The molecular formula is C26H36N6O4. The van der Waals surface area contributed by atoms with Gasteiger partial charge in [0, 0.05) is 42.4 Å². The summed E-state index contributed by atoms with van der Waals surface area (Å²) in [5, 5.41) is 15.4. The SMILES string of the molecule is CCNC(=O)Nc1ccc(-c2nc3c(c(N4CCOCC4C)n2)[C@@H](C(C)(C)C)CN(C(=O)O)C3)cc1. The fraction of sp³-hybridized carbons (Fsp3) is 0.538. The van der Waals surface area contributed by atoms with E-state index in [4.69, 9.17) is 14.7 Å². The number of amides is 3. The molecule has 2 aliphatic rings. The van der Waals surface area contributed by atoms with Crippen LogP contribution in [0.5, 0.6) is 0 Å². The molecule has 3 heterocycles. The number of fused-ring (bicyclic) bond motifs is 1. The number of urea groups is 1. The molecule has 3 N–H and O–H groups in total. The molecule has 0 radical (unpaired) electrons. The van der Waals surface area contributed by atoms with Crippen LogP contribution >= 0.6 is 0 Å². The number of aromatic nitrogens is 2. The van der Waals surface area contributed by atoms with Crippen molar-refractivity contribution in [3.63, 3.8) is 0 Å². The normalized spacial score (nSPS) is 20.0. The lowest BCUT2D eigenvalue weighted by atomic mass is 9.74. The molecular weight excluding hydrogens is 460 g/mol. The number of morpholine rings is 1. The van der Waals surface area contributed by atoms with Crippen molar-refractivity contribution in [2.45, 2.75) is 53.1 Å². The Hall–Kier alpha value is -3.40. The number of hydrogen-bond acceptors (Lipinski definition) is 6. The molecule has 36 heavy (non-hydrogen) atoms. The maximum absolute atomic E-state index is 12.0. The summed E-state index contributed by atoms with van der Waals surface area (Å²) in [4.78, 5) is 37.6. The number of carbonyl (C=O) groups excluding carboxylic acids is 1. The van der Waals surface area contributed by atoms with Crippen LogP contribution in [0, 0.1) is 5.41 Å². The average Bonchev–Trinajstić information content (AvgIpc) is 2.83. The Balaban J connectivity index is 1.81. The van der Waals surface area contributed by atoms with E-state index in [2.05, 4.69) is 43.2 Å². The molecule has 10 heteroatoms. The maximum Gasteiger partial charge on any atom is 0.407 e. The van der Waals surface area contributed by atoms with Gasteiger partial charge in [-0.25, -0.2) is 19.6 Å². The number of rotatable bonds is 4. The monoisotopic (exact) mass is 496 g/mol. The largest absolute Gasteiger partial charge is 0.465 e. The van der Waals surface area contributed by atoms with Crippen LogP contribution in [0.1, 0.15) is 51.8 Å². The van der Waals surface area contributed by atoms with Crippen molar-refractivity contribution in [2.24, 2.45) is 5.41 Å². The van der Waals surface area contributed by atoms with E-state index in [9.17, 15) is 14.7 Å². The van der Waals surface area contributed by atoms with Gasteiger partial charge in [0.05, 0.1) is 31.5 Å². The zero-order valence-corrected chi connectivity index (χ0v) is 21.7. The summed E-state index contributed by atoms with van der Waals surface area (Å²) in [6, 6.07) is 7.23. The number of hydrogen-bond donors (Lipinski definition) is 3. The molecule has 10 nitrogen and oxygen atoms in total. The summed E-state index contributed by atoms with van der Waals surface area (Å²) in [6.45, 7) is 13.5. The summed E-state index contributed by atoms with van der Waals surface area (Å²) in [6.07, 6.45) is -0.947. The number of ether oxygens (including phenoxy) is 1. The van der Waals surface area contributed by atoms with Gasteiger partial charge in [0.15, 0.2) is 5.82 Å². The molecule has 194 valence electrons. The van der Waals surface area contributed by atoms with Crippen LogP contribution in [-0.4, -0.2) is 71.0 Å². The predicted octanol–water partition coefficient (Wildman–Crippen LogP) is 4.13. The second-order valence-electron chi connectivity index (χ2n) is 10.5. The molecule has 2 aliphatic heterocycles. The molecule has 0 bridgehead atoms. The van der Waals surface area contributed by atoms with E-state index in [-0.39, 0.29) is 30.0 Å². The number of nitrogens with one attached hydrogen (secondary N) is 2. The third-order valence-electron chi connectivity index (χ3n) is 6.79. The van der Waals surface area contributed by atoms with Crippen LogP contribution in [0.15, 0.2) is 24.3 Å². The van der Waals surface area contributed by atoms with Gasteiger partial charge in [0.2, 0.25) is 0 Å². The van der Waals surface area contributed by atoms with Crippen LogP contribution in [0.3, 0.4) is 0 Å². The molecule has 4 rings (SSSR count). The van der Waals surface area contributed by atoms with E-state index in [0.717, 1.165) is 22.6 Å². The summed E-state index contributed by atoms with van der Waals surface area (Å²) < 4.78 is 5.69. The number of carbonyl (C=O) groups is 2. The van der Waals surface area contributed by atoms with Gasteiger partial charge >= 0.3 is 12.1 Å². The van der Waals surface area contributed by atoms with E-state index in [1.807, 2.05) is 31.2 Å². The quantitative estimate of drug-likeness (QED) is 0.582. The lowest BCUT2D eigenvalue weighted by molar-refractivity contribution is 0.0976. The first-order chi connectivity index (χ1) is 17.1. The molecule has 2 atom stereocenters. The first-order valence-corrected chi connectivity index (χ1v) is 12.5. The summed E-state index contributed by atoms with van der Waals surface area (Å²) in [5.74, 6) is 1.34. The first kappa shape index (κ1) is 25.7.